The van der Waals surface area contributed by atoms with E-state index in [1.54, 1.807) is 0 Å². The van der Waals surface area contributed by atoms with Gasteiger partial charge in [0.2, 0.25) is 0 Å². The van der Waals surface area contributed by atoms with Gasteiger partial charge in [-0.2, -0.15) is 0 Å². The van der Waals surface area contributed by atoms with E-state index in [0.717, 1.165) is 35.7 Å². The molecule has 0 aromatic heterocycles. The molecule has 1 aliphatic carbocycles. The Bertz CT molecular complexity index is 463. The average Bonchev–Trinajstić information content (AvgIpc) is 2.35. The molecular formula is C15H20BrNO2. The monoisotopic (exact) mass is 325 g/mol. The molecule has 1 saturated carbocycles. The topological polar surface area (TPSA) is 52.3 Å². The number of benzene rings is 1. The van der Waals surface area contributed by atoms with Crippen LogP contribution in [-0.2, 0) is 16.1 Å². The van der Waals surface area contributed by atoms with Crippen LogP contribution in [0.5, 0.6) is 0 Å². The Balaban J connectivity index is 1.94. The molecule has 4 heteroatoms. The zero-order chi connectivity index (χ0) is 13.9. The van der Waals surface area contributed by atoms with E-state index in [9.17, 15) is 4.79 Å². The maximum atomic E-state index is 12.2. The summed E-state index contributed by atoms with van der Waals surface area (Å²) in [7, 11) is 0. The Labute approximate surface area is 122 Å². The van der Waals surface area contributed by atoms with Crippen LogP contribution in [0, 0.1) is 5.92 Å². The van der Waals surface area contributed by atoms with E-state index in [2.05, 4.69) is 22.9 Å². The van der Waals surface area contributed by atoms with E-state index in [1.807, 2.05) is 24.3 Å². The maximum absolute atomic E-state index is 12.2. The van der Waals surface area contributed by atoms with Crippen molar-refractivity contribution in [3.8, 4) is 0 Å². The molecule has 0 heterocycles. The summed E-state index contributed by atoms with van der Waals surface area (Å²) in [5.41, 5.74) is 6.38. The second kappa shape index (κ2) is 6.06. The molecule has 104 valence electrons. The first-order chi connectivity index (χ1) is 8.99. The summed E-state index contributed by atoms with van der Waals surface area (Å²) in [4.78, 5) is 12.2. The normalized spacial score (nSPS) is 27.0. The molecule has 19 heavy (non-hydrogen) atoms. The number of hydrogen-bond acceptors (Lipinski definition) is 3. The van der Waals surface area contributed by atoms with Gasteiger partial charge in [-0.3, -0.25) is 4.79 Å². The predicted octanol–water partition coefficient (Wildman–Crippen LogP) is 3.40. The van der Waals surface area contributed by atoms with Crippen LogP contribution in [0.4, 0.5) is 0 Å². The first-order valence-corrected chi connectivity index (χ1v) is 7.49. The molecule has 0 radical (unpaired) electrons. The van der Waals surface area contributed by atoms with Crippen LogP contribution in [0.3, 0.4) is 0 Å². The highest BCUT2D eigenvalue weighted by molar-refractivity contribution is 9.10. The molecule has 2 rings (SSSR count). The van der Waals surface area contributed by atoms with Gasteiger partial charge in [0.25, 0.3) is 0 Å². The Morgan fingerprint density at radius 3 is 3.05 bits per heavy atom. The van der Waals surface area contributed by atoms with Crippen molar-refractivity contribution < 1.29 is 9.53 Å². The minimum Gasteiger partial charge on any atom is -0.459 e. The summed E-state index contributed by atoms with van der Waals surface area (Å²) in [5.74, 6) is 0.233. The minimum atomic E-state index is -0.788. The van der Waals surface area contributed by atoms with Crippen molar-refractivity contribution in [2.45, 2.75) is 44.8 Å². The largest absolute Gasteiger partial charge is 0.459 e. The summed E-state index contributed by atoms with van der Waals surface area (Å²) in [6.45, 7) is 2.42. The fourth-order valence-electron chi connectivity index (χ4n) is 2.70. The molecular weight excluding hydrogens is 306 g/mol. The van der Waals surface area contributed by atoms with Gasteiger partial charge in [-0.15, -0.1) is 0 Å². The van der Waals surface area contributed by atoms with Gasteiger partial charge in [0.1, 0.15) is 12.1 Å². The van der Waals surface area contributed by atoms with E-state index < -0.39 is 5.54 Å². The van der Waals surface area contributed by atoms with E-state index in [0.29, 0.717) is 5.92 Å². The molecule has 1 aromatic carbocycles. The van der Waals surface area contributed by atoms with Gasteiger partial charge >= 0.3 is 5.97 Å². The number of esters is 1. The Morgan fingerprint density at radius 1 is 1.58 bits per heavy atom. The number of carbonyl (C=O) groups is 1. The maximum Gasteiger partial charge on any atom is 0.326 e. The molecule has 0 spiro atoms. The van der Waals surface area contributed by atoms with Crippen LogP contribution in [0.2, 0.25) is 0 Å². The van der Waals surface area contributed by atoms with Gasteiger partial charge in [-0.1, -0.05) is 47.8 Å². The Hall–Kier alpha value is -0.870. The molecule has 0 amide bonds. The molecule has 2 atom stereocenters. The van der Waals surface area contributed by atoms with E-state index in [4.69, 9.17) is 10.5 Å². The molecule has 1 aliphatic rings. The van der Waals surface area contributed by atoms with Crippen molar-refractivity contribution in [3.05, 3.63) is 34.3 Å². The average molecular weight is 326 g/mol. The van der Waals surface area contributed by atoms with Crippen molar-refractivity contribution in [2.75, 3.05) is 0 Å². The van der Waals surface area contributed by atoms with Crippen LogP contribution in [-0.4, -0.2) is 11.5 Å². The lowest BCUT2D eigenvalue weighted by atomic mass is 9.77. The molecule has 0 saturated heterocycles. The van der Waals surface area contributed by atoms with E-state index in [1.165, 1.54) is 0 Å². The number of ether oxygens (including phenoxy) is 1. The van der Waals surface area contributed by atoms with Gasteiger partial charge in [0.15, 0.2) is 0 Å². The van der Waals surface area contributed by atoms with Gasteiger partial charge in [0, 0.05) is 4.47 Å². The predicted molar refractivity (Wildman–Crippen MR) is 78.5 cm³/mol. The minimum absolute atomic E-state index is 0.265. The number of hydrogen-bond donors (Lipinski definition) is 1. The molecule has 1 aromatic rings. The summed E-state index contributed by atoms with van der Waals surface area (Å²) in [5, 5.41) is 0. The molecule has 2 unspecified atom stereocenters. The summed E-state index contributed by atoms with van der Waals surface area (Å²) < 4.78 is 6.37. The van der Waals surface area contributed by atoms with E-state index >= 15 is 0 Å². The van der Waals surface area contributed by atoms with Crippen LogP contribution in [0.25, 0.3) is 0 Å². The quantitative estimate of drug-likeness (QED) is 0.866. The standard InChI is InChI=1S/C15H20BrNO2/c1-11-4-3-7-15(17,9-11)14(18)19-10-12-5-2-6-13(16)8-12/h2,5-6,8,11H,3-4,7,9-10,17H2,1H3. The lowest BCUT2D eigenvalue weighted by molar-refractivity contribution is -0.153. The molecule has 3 nitrogen and oxygen atoms in total. The number of carbonyl (C=O) groups excluding carboxylic acids is 1. The second-order valence-corrected chi connectivity index (χ2v) is 6.48. The van der Waals surface area contributed by atoms with Crippen molar-refractivity contribution in [3.63, 3.8) is 0 Å². The lowest BCUT2D eigenvalue weighted by Crippen LogP contribution is -2.51. The second-order valence-electron chi connectivity index (χ2n) is 5.56. The first-order valence-electron chi connectivity index (χ1n) is 6.70. The van der Waals surface area contributed by atoms with Crippen LogP contribution >= 0.6 is 15.9 Å². The van der Waals surface area contributed by atoms with E-state index in [-0.39, 0.29) is 12.6 Å². The van der Waals surface area contributed by atoms with Crippen LogP contribution in [0.15, 0.2) is 28.7 Å². The fraction of sp³-hybridized carbons (Fsp3) is 0.533. The first kappa shape index (κ1) is 14.5. The SMILES string of the molecule is CC1CCCC(N)(C(=O)OCc2cccc(Br)c2)C1. The Morgan fingerprint density at radius 2 is 2.37 bits per heavy atom. The third-order valence-corrected chi connectivity index (χ3v) is 4.19. The number of rotatable bonds is 3. The van der Waals surface area contributed by atoms with Crippen molar-refractivity contribution in [1.29, 1.82) is 0 Å². The third kappa shape index (κ3) is 3.80. The van der Waals surface area contributed by atoms with Gasteiger partial charge in [-0.25, -0.2) is 0 Å². The van der Waals surface area contributed by atoms with Crippen molar-refractivity contribution >= 4 is 21.9 Å². The molecule has 2 N–H and O–H groups in total. The zero-order valence-electron chi connectivity index (χ0n) is 11.2. The van der Waals surface area contributed by atoms with Crippen molar-refractivity contribution in [1.82, 2.24) is 0 Å². The van der Waals surface area contributed by atoms with Crippen molar-refractivity contribution in [2.24, 2.45) is 11.7 Å². The summed E-state index contributed by atoms with van der Waals surface area (Å²) in [6.07, 6.45) is 3.61. The highest BCUT2D eigenvalue weighted by Gasteiger charge is 2.39. The molecule has 0 aliphatic heterocycles. The van der Waals surface area contributed by atoms with Crippen LogP contribution in [0.1, 0.15) is 38.2 Å². The molecule has 1 fully saturated rings. The van der Waals surface area contributed by atoms with Gasteiger partial charge in [-0.05, 0) is 36.5 Å². The zero-order valence-corrected chi connectivity index (χ0v) is 12.8. The Kier molecular flexibility index (Phi) is 4.63. The highest BCUT2D eigenvalue weighted by atomic mass is 79.9. The fourth-order valence-corrected chi connectivity index (χ4v) is 3.14. The summed E-state index contributed by atoms with van der Waals surface area (Å²) in [6, 6.07) is 7.75. The number of nitrogens with two attached hydrogens (primary N) is 1. The smallest absolute Gasteiger partial charge is 0.326 e. The lowest BCUT2D eigenvalue weighted by Gasteiger charge is -2.34. The third-order valence-electron chi connectivity index (χ3n) is 3.70. The molecule has 0 bridgehead atoms. The number of halogens is 1. The highest BCUT2D eigenvalue weighted by Crippen LogP contribution is 2.31. The van der Waals surface area contributed by atoms with Gasteiger partial charge in [0.05, 0.1) is 0 Å². The van der Waals surface area contributed by atoms with Gasteiger partial charge < -0.3 is 10.5 Å². The summed E-state index contributed by atoms with van der Waals surface area (Å²) >= 11 is 3.40. The van der Waals surface area contributed by atoms with Crippen LogP contribution < -0.4 is 5.73 Å².